The molecule has 0 aliphatic carbocycles. The van der Waals surface area contributed by atoms with E-state index in [0.717, 1.165) is 32.1 Å². The van der Waals surface area contributed by atoms with Crippen molar-refractivity contribution < 1.29 is 14.2 Å². The first-order valence-corrected chi connectivity index (χ1v) is 10.5. The van der Waals surface area contributed by atoms with Crippen molar-refractivity contribution >= 4 is 38.3 Å². The molecule has 0 bridgehead atoms. The van der Waals surface area contributed by atoms with Gasteiger partial charge in [-0.2, -0.15) is 5.26 Å². The highest BCUT2D eigenvalue weighted by Gasteiger charge is 2.38. The maximum Gasteiger partial charge on any atom is 0.205 e. The van der Waals surface area contributed by atoms with Crippen molar-refractivity contribution in [3.8, 4) is 23.3 Å². The van der Waals surface area contributed by atoms with Gasteiger partial charge in [-0.25, -0.2) is 0 Å². The maximum atomic E-state index is 9.90. The number of methoxy groups -OCH3 is 2. The molecular formula is C24H22BrN3O3. The lowest BCUT2D eigenvalue weighted by molar-refractivity contribution is 0.352. The number of ether oxygens (including phenoxy) is 3. The number of anilines is 1. The first-order valence-electron chi connectivity index (χ1n) is 9.71. The summed E-state index contributed by atoms with van der Waals surface area (Å²) >= 11 is 3.55. The van der Waals surface area contributed by atoms with Crippen LogP contribution in [0.4, 0.5) is 5.69 Å². The number of nitriles is 1. The molecule has 2 unspecified atom stereocenters. The van der Waals surface area contributed by atoms with E-state index in [1.54, 1.807) is 14.2 Å². The van der Waals surface area contributed by atoms with Crippen LogP contribution < -0.4 is 19.1 Å². The molecule has 6 nitrogen and oxygen atoms in total. The molecule has 4 rings (SSSR count). The third-order valence-electron chi connectivity index (χ3n) is 5.62. The average molecular weight is 480 g/mol. The highest BCUT2D eigenvalue weighted by Crippen LogP contribution is 2.49. The number of nitrogens with one attached hydrogen (secondary N) is 1. The van der Waals surface area contributed by atoms with Gasteiger partial charge < -0.3 is 19.1 Å². The van der Waals surface area contributed by atoms with Gasteiger partial charge in [0.05, 0.1) is 24.8 Å². The summed E-state index contributed by atoms with van der Waals surface area (Å²) in [6.45, 7) is 0. The van der Waals surface area contributed by atoms with Crippen LogP contribution >= 0.6 is 15.9 Å². The van der Waals surface area contributed by atoms with E-state index in [4.69, 9.17) is 19.6 Å². The second-order valence-electron chi connectivity index (χ2n) is 7.54. The number of rotatable bonds is 4. The Bertz CT molecular complexity index is 1230. The van der Waals surface area contributed by atoms with E-state index < -0.39 is 5.92 Å². The van der Waals surface area contributed by atoms with Gasteiger partial charge in [-0.15, -0.1) is 0 Å². The molecule has 1 aliphatic heterocycles. The molecule has 2 atom stereocenters. The van der Waals surface area contributed by atoms with E-state index in [1.165, 1.54) is 0 Å². The lowest BCUT2D eigenvalue weighted by Crippen LogP contribution is -2.31. The van der Waals surface area contributed by atoms with Crippen molar-refractivity contribution in [3.63, 3.8) is 0 Å². The van der Waals surface area contributed by atoms with Gasteiger partial charge in [-0.1, -0.05) is 24.3 Å². The van der Waals surface area contributed by atoms with Crippen molar-refractivity contribution in [1.82, 2.24) is 0 Å². The van der Waals surface area contributed by atoms with Crippen LogP contribution in [0.15, 0.2) is 46.9 Å². The van der Waals surface area contributed by atoms with Crippen LogP contribution in [0.2, 0.25) is 0 Å². The fourth-order valence-electron chi connectivity index (χ4n) is 4.21. The fourth-order valence-corrected chi connectivity index (χ4v) is 4.83. The summed E-state index contributed by atoms with van der Waals surface area (Å²) in [6.07, 6.45) is 0. The lowest BCUT2D eigenvalue weighted by Gasteiger charge is -2.32. The summed E-state index contributed by atoms with van der Waals surface area (Å²) in [5, 5.41) is 20.3. The molecule has 1 heterocycles. The van der Waals surface area contributed by atoms with Crippen LogP contribution in [0.3, 0.4) is 0 Å². The number of fused-ring (bicyclic) bond motifs is 3. The van der Waals surface area contributed by atoms with Crippen molar-refractivity contribution in [1.29, 1.82) is 10.7 Å². The van der Waals surface area contributed by atoms with E-state index in [0.29, 0.717) is 17.2 Å². The molecule has 3 aromatic rings. The summed E-state index contributed by atoms with van der Waals surface area (Å²) in [5.74, 6) is 0.550. The molecule has 158 valence electrons. The van der Waals surface area contributed by atoms with Gasteiger partial charge in [0, 0.05) is 42.0 Å². The topological polar surface area (TPSA) is 78.6 Å². The van der Waals surface area contributed by atoms with Crippen LogP contribution in [-0.2, 0) is 0 Å². The Kier molecular flexibility index (Phi) is 5.50. The van der Waals surface area contributed by atoms with Gasteiger partial charge in [0.2, 0.25) is 5.90 Å². The predicted molar refractivity (Wildman–Crippen MR) is 125 cm³/mol. The first kappa shape index (κ1) is 21.0. The quantitative estimate of drug-likeness (QED) is 0.547. The maximum absolute atomic E-state index is 9.90. The summed E-state index contributed by atoms with van der Waals surface area (Å²) in [6, 6.07) is 16.1. The largest absolute Gasteiger partial charge is 0.493 e. The smallest absolute Gasteiger partial charge is 0.205 e. The number of nitrogens with zero attached hydrogens (tertiary/aromatic N) is 2. The van der Waals surface area contributed by atoms with E-state index in [-0.39, 0.29) is 11.8 Å². The minimum atomic E-state index is -0.757. The third-order valence-corrected chi connectivity index (χ3v) is 6.21. The SMILES string of the molecule is COc1cc(C2c3ccc4c(N(C)C)cccc4c3OC(=N)C2C#N)cc(Br)c1OC. The molecule has 0 saturated carbocycles. The molecule has 0 spiro atoms. The number of benzene rings is 3. The zero-order valence-corrected chi connectivity index (χ0v) is 19.3. The minimum Gasteiger partial charge on any atom is -0.493 e. The van der Waals surface area contributed by atoms with E-state index in [1.807, 2.05) is 55.4 Å². The molecule has 0 saturated heterocycles. The monoisotopic (exact) mass is 479 g/mol. The van der Waals surface area contributed by atoms with Crippen LogP contribution in [0, 0.1) is 22.7 Å². The molecule has 0 amide bonds. The van der Waals surface area contributed by atoms with Gasteiger partial charge >= 0.3 is 0 Å². The number of halogens is 1. The molecule has 1 aliphatic rings. The number of hydrogen-bond donors (Lipinski definition) is 1. The van der Waals surface area contributed by atoms with E-state index >= 15 is 0 Å². The summed E-state index contributed by atoms with van der Waals surface area (Å²) in [7, 11) is 7.14. The summed E-state index contributed by atoms with van der Waals surface area (Å²) < 4.78 is 17.6. The molecule has 31 heavy (non-hydrogen) atoms. The first-order chi connectivity index (χ1) is 14.9. The second-order valence-corrected chi connectivity index (χ2v) is 8.39. The Hall–Kier alpha value is -3.24. The van der Waals surface area contributed by atoms with Crippen LogP contribution in [-0.4, -0.2) is 34.2 Å². The highest BCUT2D eigenvalue weighted by atomic mass is 79.9. The predicted octanol–water partition coefficient (Wildman–Crippen LogP) is 5.33. The highest BCUT2D eigenvalue weighted by molar-refractivity contribution is 9.10. The van der Waals surface area contributed by atoms with Gasteiger partial charge in [-0.05, 0) is 39.7 Å². The fraction of sp³-hybridized carbons (Fsp3) is 0.250. The molecule has 0 radical (unpaired) electrons. The lowest BCUT2D eigenvalue weighted by atomic mass is 9.78. The van der Waals surface area contributed by atoms with E-state index in [9.17, 15) is 5.26 Å². The van der Waals surface area contributed by atoms with Crippen LogP contribution in [0.5, 0.6) is 17.2 Å². The number of hydrogen-bond acceptors (Lipinski definition) is 6. The summed E-state index contributed by atoms with van der Waals surface area (Å²) in [4.78, 5) is 2.05. The normalized spacial score (nSPS) is 17.5. The van der Waals surface area contributed by atoms with Gasteiger partial charge in [0.15, 0.2) is 11.5 Å². The third kappa shape index (κ3) is 3.37. The zero-order valence-electron chi connectivity index (χ0n) is 17.7. The van der Waals surface area contributed by atoms with Crippen molar-refractivity contribution in [2.24, 2.45) is 5.92 Å². The van der Waals surface area contributed by atoms with Crippen LogP contribution in [0.1, 0.15) is 17.0 Å². The van der Waals surface area contributed by atoms with Crippen molar-refractivity contribution in [3.05, 3.63) is 58.1 Å². The van der Waals surface area contributed by atoms with Gasteiger partial charge in [0.1, 0.15) is 11.7 Å². The van der Waals surface area contributed by atoms with Gasteiger partial charge in [-0.3, -0.25) is 5.41 Å². The standard InChI is InChI=1S/C24H22BrN3O3/c1-28(2)19-7-5-6-15-14(19)8-9-16-21(17(12-26)24(27)31-22(15)16)13-10-18(25)23(30-4)20(11-13)29-3/h5-11,17,21,27H,1-4H3. The van der Waals surface area contributed by atoms with Crippen molar-refractivity contribution in [2.45, 2.75) is 5.92 Å². The zero-order chi connectivity index (χ0) is 22.3. The Morgan fingerprint density at radius 2 is 1.87 bits per heavy atom. The van der Waals surface area contributed by atoms with Crippen molar-refractivity contribution in [2.75, 3.05) is 33.2 Å². The van der Waals surface area contributed by atoms with Gasteiger partial charge in [0.25, 0.3) is 0 Å². The Balaban J connectivity index is 1.99. The van der Waals surface area contributed by atoms with Crippen LogP contribution in [0.25, 0.3) is 10.8 Å². The second kappa shape index (κ2) is 8.12. The van der Waals surface area contributed by atoms with E-state index in [2.05, 4.69) is 28.1 Å². The Morgan fingerprint density at radius 3 is 2.52 bits per heavy atom. The summed E-state index contributed by atoms with van der Waals surface area (Å²) in [5.41, 5.74) is 2.77. The average Bonchev–Trinajstić information content (AvgIpc) is 2.76. The Morgan fingerprint density at radius 1 is 1.10 bits per heavy atom. The molecule has 1 N–H and O–H groups in total. The molecule has 7 heteroatoms. The minimum absolute atomic E-state index is 0.0614. The molecule has 0 fully saturated rings. The molecule has 0 aromatic heterocycles. The Labute approximate surface area is 189 Å². The molecule has 3 aromatic carbocycles. The molecular weight excluding hydrogens is 458 g/mol.